The van der Waals surface area contributed by atoms with E-state index in [1.807, 2.05) is 0 Å². The van der Waals surface area contributed by atoms with Gasteiger partial charge in [-0.2, -0.15) is 4.31 Å². The molecular formula is C18H21ClN2O4S. The number of amides is 1. The third kappa shape index (κ3) is 4.66. The Balaban J connectivity index is 1.49. The SMILES string of the molecule is O=C(CC1CCN(S(=O)(=O)c2ccc(Cl)cc2)CC1)NCc1ccco1. The van der Waals surface area contributed by atoms with E-state index in [1.165, 1.54) is 16.4 Å². The van der Waals surface area contributed by atoms with Crippen molar-refractivity contribution in [2.45, 2.75) is 30.7 Å². The van der Waals surface area contributed by atoms with Crippen molar-refractivity contribution in [1.82, 2.24) is 9.62 Å². The molecule has 1 aliphatic heterocycles. The van der Waals surface area contributed by atoms with Crippen LogP contribution in [-0.4, -0.2) is 31.7 Å². The van der Waals surface area contributed by atoms with E-state index in [2.05, 4.69) is 5.32 Å². The lowest BCUT2D eigenvalue weighted by atomic mass is 9.94. The normalized spacial score (nSPS) is 16.5. The summed E-state index contributed by atoms with van der Waals surface area (Å²) >= 11 is 5.82. The zero-order valence-corrected chi connectivity index (χ0v) is 15.8. The van der Waals surface area contributed by atoms with Crippen molar-refractivity contribution in [3.63, 3.8) is 0 Å². The van der Waals surface area contributed by atoms with E-state index in [0.29, 0.717) is 49.7 Å². The van der Waals surface area contributed by atoms with E-state index >= 15 is 0 Å². The molecule has 1 saturated heterocycles. The summed E-state index contributed by atoms with van der Waals surface area (Å²) in [6.45, 7) is 1.21. The first-order valence-electron chi connectivity index (χ1n) is 8.50. The van der Waals surface area contributed by atoms with E-state index in [-0.39, 0.29) is 16.7 Å². The number of halogens is 1. The van der Waals surface area contributed by atoms with Gasteiger partial charge in [0.2, 0.25) is 15.9 Å². The Bertz CT molecular complexity index is 827. The molecule has 0 bridgehead atoms. The first-order valence-corrected chi connectivity index (χ1v) is 10.3. The average Bonchev–Trinajstić information content (AvgIpc) is 3.14. The fraction of sp³-hybridized carbons (Fsp3) is 0.389. The van der Waals surface area contributed by atoms with Crippen LogP contribution in [0.2, 0.25) is 5.02 Å². The van der Waals surface area contributed by atoms with Crippen molar-refractivity contribution in [3.05, 3.63) is 53.4 Å². The number of benzene rings is 1. The summed E-state index contributed by atoms with van der Waals surface area (Å²) in [6.07, 6.45) is 3.30. The average molecular weight is 397 g/mol. The summed E-state index contributed by atoms with van der Waals surface area (Å²) < 4.78 is 32.0. The number of piperidine rings is 1. The molecule has 26 heavy (non-hydrogen) atoms. The number of sulfonamides is 1. The number of rotatable bonds is 6. The minimum atomic E-state index is -3.51. The highest BCUT2D eigenvalue weighted by molar-refractivity contribution is 7.89. The third-order valence-electron chi connectivity index (χ3n) is 4.54. The van der Waals surface area contributed by atoms with Crippen LogP contribution in [0.1, 0.15) is 25.0 Å². The van der Waals surface area contributed by atoms with Gasteiger partial charge in [-0.1, -0.05) is 11.6 Å². The van der Waals surface area contributed by atoms with Gasteiger partial charge in [-0.3, -0.25) is 4.79 Å². The Labute approximate surface area is 158 Å². The van der Waals surface area contributed by atoms with Gasteiger partial charge in [0.1, 0.15) is 5.76 Å². The first kappa shape index (κ1) is 18.9. The number of carbonyl (C=O) groups excluding carboxylic acids is 1. The van der Waals surface area contributed by atoms with Crippen LogP contribution < -0.4 is 5.32 Å². The molecule has 0 spiro atoms. The lowest BCUT2D eigenvalue weighted by Gasteiger charge is -2.31. The van der Waals surface area contributed by atoms with E-state index in [0.717, 1.165) is 0 Å². The van der Waals surface area contributed by atoms with Crippen molar-refractivity contribution in [3.8, 4) is 0 Å². The van der Waals surface area contributed by atoms with Crippen LogP contribution in [0.5, 0.6) is 0 Å². The second kappa shape index (κ2) is 8.24. The predicted molar refractivity (Wildman–Crippen MR) is 98.1 cm³/mol. The third-order valence-corrected chi connectivity index (χ3v) is 6.70. The molecule has 3 rings (SSSR count). The number of hydrogen-bond donors (Lipinski definition) is 1. The minimum Gasteiger partial charge on any atom is -0.467 e. The van der Waals surface area contributed by atoms with Gasteiger partial charge in [0.25, 0.3) is 0 Å². The van der Waals surface area contributed by atoms with Crippen LogP contribution in [0, 0.1) is 5.92 Å². The molecule has 1 fully saturated rings. The maximum atomic E-state index is 12.7. The highest BCUT2D eigenvalue weighted by atomic mass is 35.5. The molecular weight excluding hydrogens is 376 g/mol. The Hall–Kier alpha value is -1.83. The number of carbonyl (C=O) groups is 1. The Morgan fingerprint density at radius 1 is 1.19 bits per heavy atom. The largest absolute Gasteiger partial charge is 0.467 e. The van der Waals surface area contributed by atoms with Gasteiger partial charge in [-0.25, -0.2) is 8.42 Å². The summed E-state index contributed by atoms with van der Waals surface area (Å²) in [7, 11) is -3.51. The van der Waals surface area contributed by atoms with Gasteiger partial charge < -0.3 is 9.73 Å². The van der Waals surface area contributed by atoms with Gasteiger partial charge in [0.05, 0.1) is 17.7 Å². The molecule has 1 N–H and O–H groups in total. The van der Waals surface area contributed by atoms with Gasteiger partial charge >= 0.3 is 0 Å². The van der Waals surface area contributed by atoms with E-state index in [4.69, 9.17) is 16.0 Å². The van der Waals surface area contributed by atoms with Crippen molar-refractivity contribution in [1.29, 1.82) is 0 Å². The molecule has 1 aromatic carbocycles. The zero-order valence-electron chi connectivity index (χ0n) is 14.2. The molecule has 0 saturated carbocycles. The molecule has 2 heterocycles. The highest BCUT2D eigenvalue weighted by Crippen LogP contribution is 2.26. The van der Waals surface area contributed by atoms with E-state index < -0.39 is 10.0 Å². The molecule has 0 atom stereocenters. The smallest absolute Gasteiger partial charge is 0.243 e. The zero-order chi connectivity index (χ0) is 18.6. The standard InChI is InChI=1S/C18H21ClN2O4S/c19-15-3-5-17(6-4-15)26(23,24)21-9-7-14(8-10-21)12-18(22)20-13-16-2-1-11-25-16/h1-6,11,14H,7-10,12-13H2,(H,20,22). The summed E-state index contributed by atoms with van der Waals surface area (Å²) in [5.74, 6) is 0.853. The van der Waals surface area contributed by atoms with Gasteiger partial charge in [0.15, 0.2) is 0 Å². The van der Waals surface area contributed by atoms with E-state index in [9.17, 15) is 13.2 Å². The van der Waals surface area contributed by atoms with Crippen LogP contribution in [0.25, 0.3) is 0 Å². The van der Waals surface area contributed by atoms with Crippen LogP contribution in [0.15, 0.2) is 52.0 Å². The molecule has 1 amide bonds. The van der Waals surface area contributed by atoms with Crippen LogP contribution in [0.3, 0.4) is 0 Å². The summed E-state index contributed by atoms with van der Waals surface area (Å²) in [4.78, 5) is 12.3. The maximum absolute atomic E-state index is 12.7. The quantitative estimate of drug-likeness (QED) is 0.813. The van der Waals surface area contributed by atoms with Gasteiger partial charge in [0, 0.05) is 24.5 Å². The van der Waals surface area contributed by atoms with E-state index in [1.54, 1.807) is 30.5 Å². The number of furan rings is 1. The van der Waals surface area contributed by atoms with Gasteiger partial charge in [-0.05, 0) is 55.2 Å². The van der Waals surface area contributed by atoms with Crippen LogP contribution in [-0.2, 0) is 21.4 Å². The predicted octanol–water partition coefficient (Wildman–Crippen LogP) is 3.04. The van der Waals surface area contributed by atoms with Crippen molar-refractivity contribution in [2.75, 3.05) is 13.1 Å². The number of hydrogen-bond acceptors (Lipinski definition) is 4. The second-order valence-corrected chi connectivity index (χ2v) is 8.74. The molecule has 0 radical (unpaired) electrons. The molecule has 1 aliphatic rings. The Morgan fingerprint density at radius 2 is 1.88 bits per heavy atom. The molecule has 6 nitrogen and oxygen atoms in total. The fourth-order valence-electron chi connectivity index (χ4n) is 3.04. The molecule has 2 aromatic rings. The number of nitrogens with zero attached hydrogens (tertiary/aromatic N) is 1. The summed E-state index contributed by atoms with van der Waals surface area (Å²) in [5, 5.41) is 3.33. The lowest BCUT2D eigenvalue weighted by Crippen LogP contribution is -2.39. The first-order chi connectivity index (χ1) is 12.4. The topological polar surface area (TPSA) is 79.6 Å². The van der Waals surface area contributed by atoms with Crippen LogP contribution in [0.4, 0.5) is 0 Å². The van der Waals surface area contributed by atoms with Crippen molar-refractivity contribution in [2.24, 2.45) is 5.92 Å². The fourth-order valence-corrected chi connectivity index (χ4v) is 4.64. The molecule has 8 heteroatoms. The van der Waals surface area contributed by atoms with Crippen molar-refractivity contribution < 1.29 is 17.6 Å². The maximum Gasteiger partial charge on any atom is 0.243 e. The van der Waals surface area contributed by atoms with Crippen LogP contribution >= 0.6 is 11.6 Å². The summed E-state index contributed by atoms with van der Waals surface area (Å²) in [6, 6.07) is 9.77. The summed E-state index contributed by atoms with van der Waals surface area (Å²) in [5.41, 5.74) is 0. The monoisotopic (exact) mass is 396 g/mol. The Kier molecular flexibility index (Phi) is 6.01. The molecule has 0 aliphatic carbocycles. The second-order valence-electron chi connectivity index (χ2n) is 6.36. The Morgan fingerprint density at radius 3 is 2.50 bits per heavy atom. The minimum absolute atomic E-state index is 0.0413. The molecule has 140 valence electrons. The highest BCUT2D eigenvalue weighted by Gasteiger charge is 2.30. The molecule has 1 aromatic heterocycles. The van der Waals surface area contributed by atoms with Gasteiger partial charge in [-0.15, -0.1) is 0 Å². The lowest BCUT2D eigenvalue weighted by molar-refractivity contribution is -0.122. The molecule has 0 unspecified atom stereocenters. The van der Waals surface area contributed by atoms with Crippen molar-refractivity contribution >= 4 is 27.5 Å². The number of nitrogens with one attached hydrogen (secondary N) is 1.